The van der Waals surface area contributed by atoms with Crippen molar-refractivity contribution in [2.75, 3.05) is 21.3 Å². The number of aromatic nitrogens is 9. The first kappa shape index (κ1) is 74.2. The molecule has 0 radical (unpaired) electrons. The van der Waals surface area contributed by atoms with Gasteiger partial charge in [-0.1, -0.05) is 51.4 Å². The standard InChI is InChI=1S/C20H22FN5O.C20H25FN4O.C19H22BrFN4O.C18H21BrFN5O/c1-12-8-18-16(19(25-24-18)13-4-2-3-5-13)11-26(12)20(27)23-15-6-7-17(21)14(9-15)10-22;1-12-9-15(7-8-17(12)21)22-20(26)25-11-16-18(10-13(25)2)23-24-19(16)14-5-3-4-6-14;1-11-8-17-14(18(24-23-17)12-4-2-3-5-12)10-25(11)19(26)22-13-6-7-16(21)15(20)9-13;1-10-8-14-12(16(24-23-14)11-4-2-3-5-11)9-25(10)18(26)22-13-6-7-21-17(19)15(13)20/h6-7,9,12-13H,2-5,8,11H2,1H3,(H,23,27)(H,24,25);7-9,13-14H,3-6,10-11H2,1-2H3,(H,22,26)(H,23,24);6-7,9,11-12H,2-5,8,10H2,1H3,(H,22,26)(H,23,24);6-7,10-11H,2-5,8-9H2,1H3,(H,23,24)(H,21,22,26). The van der Waals surface area contributed by atoms with Crippen LogP contribution in [-0.4, -0.2) is 114 Å². The van der Waals surface area contributed by atoms with E-state index in [1.165, 1.54) is 136 Å². The third-order valence-corrected chi connectivity index (χ3v) is 23.6. The number of nitrogens with zero attached hydrogens (tertiary/aromatic N) is 10. The molecule has 8 amide bonds. The van der Waals surface area contributed by atoms with E-state index in [0.29, 0.717) is 76.9 Å². The molecule has 28 heteroatoms. The zero-order valence-electron chi connectivity index (χ0n) is 59.8. The van der Waals surface area contributed by atoms with Gasteiger partial charge in [-0.3, -0.25) is 20.4 Å². The molecular formula is C77H90Br2F4N18O4. The van der Waals surface area contributed by atoms with Gasteiger partial charge in [0.25, 0.3) is 0 Å². The second-order valence-corrected chi connectivity index (χ2v) is 31.1. The molecule has 16 rings (SSSR count). The number of anilines is 4. The third kappa shape index (κ3) is 16.6. The highest BCUT2D eigenvalue weighted by Gasteiger charge is 2.38. The highest BCUT2D eigenvalue weighted by atomic mass is 79.9. The molecule has 8 N–H and O–H groups in total. The van der Waals surface area contributed by atoms with E-state index >= 15 is 0 Å². The number of urea groups is 4. The predicted molar refractivity (Wildman–Crippen MR) is 398 cm³/mol. The molecule has 3 aromatic carbocycles. The summed E-state index contributed by atoms with van der Waals surface area (Å²) in [5.74, 6) is 0.236. The van der Waals surface area contributed by atoms with Gasteiger partial charge in [0.1, 0.15) is 28.1 Å². The summed E-state index contributed by atoms with van der Waals surface area (Å²) in [6, 6.07) is 15.7. The van der Waals surface area contributed by atoms with Crippen molar-refractivity contribution in [1.82, 2.24) is 65.4 Å². The first-order chi connectivity index (χ1) is 50.7. The van der Waals surface area contributed by atoms with Crippen LogP contribution >= 0.6 is 31.9 Å². The summed E-state index contributed by atoms with van der Waals surface area (Å²) in [7, 11) is 0. The number of aryl methyl sites for hydroxylation is 1. The summed E-state index contributed by atoms with van der Waals surface area (Å²) in [5, 5.41) is 51.3. The van der Waals surface area contributed by atoms with Crippen molar-refractivity contribution < 1.29 is 36.7 Å². The molecule has 8 aromatic rings. The van der Waals surface area contributed by atoms with Crippen molar-refractivity contribution in [3.63, 3.8) is 0 Å². The number of carbonyl (C=O) groups excluding carboxylic acids is 4. The Morgan fingerprint density at radius 3 is 1.12 bits per heavy atom. The quantitative estimate of drug-likeness (QED) is 0.0526. The molecule has 0 saturated heterocycles. The lowest BCUT2D eigenvalue weighted by Crippen LogP contribution is -2.45. The molecule has 4 unspecified atom stereocenters. The van der Waals surface area contributed by atoms with Crippen LogP contribution in [0.25, 0.3) is 0 Å². The van der Waals surface area contributed by atoms with Gasteiger partial charge in [0, 0.05) is 142 Å². The summed E-state index contributed by atoms with van der Waals surface area (Å²) in [4.78, 5) is 62.3. The van der Waals surface area contributed by atoms with Crippen LogP contribution in [0, 0.1) is 41.5 Å². The van der Waals surface area contributed by atoms with E-state index < -0.39 is 11.6 Å². The molecule has 4 fully saturated rings. The first-order valence-electron chi connectivity index (χ1n) is 36.9. The Kier molecular flexibility index (Phi) is 23.1. The normalized spacial score (nSPS) is 20.1. The summed E-state index contributed by atoms with van der Waals surface area (Å²) in [6.45, 7) is 11.9. The molecule has 0 bridgehead atoms. The molecule has 5 aromatic heterocycles. The maximum Gasteiger partial charge on any atom is 0.322 e. The fraction of sp³-hybridized carbons (Fsp3) is 0.481. The monoisotopic (exact) mass is 1560 g/mol. The molecule has 9 heterocycles. The number of rotatable bonds is 8. The van der Waals surface area contributed by atoms with Gasteiger partial charge >= 0.3 is 24.1 Å². The van der Waals surface area contributed by atoms with E-state index in [0.717, 1.165) is 102 Å². The number of hydrogen-bond acceptors (Lipinski definition) is 10. The van der Waals surface area contributed by atoms with Crippen molar-refractivity contribution >= 4 is 78.7 Å². The lowest BCUT2D eigenvalue weighted by molar-refractivity contribution is 0.181. The molecule has 8 aliphatic rings. The van der Waals surface area contributed by atoms with Gasteiger partial charge in [0.15, 0.2) is 5.82 Å². The maximum atomic E-state index is 14.1. The number of H-pyrrole nitrogens is 4. The van der Waals surface area contributed by atoms with E-state index in [4.69, 9.17) is 5.26 Å². The number of pyridine rings is 1. The first-order valence-corrected chi connectivity index (χ1v) is 38.5. The number of nitriles is 1. The van der Waals surface area contributed by atoms with Crippen LogP contribution in [0.15, 0.2) is 75.9 Å². The average molecular weight is 1570 g/mol. The van der Waals surface area contributed by atoms with Crippen LogP contribution in [0.1, 0.15) is 233 Å². The van der Waals surface area contributed by atoms with Crippen molar-refractivity contribution in [1.29, 1.82) is 5.26 Å². The number of fused-ring (bicyclic) bond motifs is 4. The topological polar surface area (TPSA) is 281 Å². The van der Waals surface area contributed by atoms with Crippen molar-refractivity contribution in [3.05, 3.63) is 178 Å². The van der Waals surface area contributed by atoms with Gasteiger partial charge in [0.05, 0.1) is 64.7 Å². The summed E-state index contributed by atoms with van der Waals surface area (Å²) < 4.78 is 54.9. The molecule has 105 heavy (non-hydrogen) atoms. The molecule has 4 aliphatic carbocycles. The minimum absolute atomic E-state index is 0.00715. The van der Waals surface area contributed by atoms with Gasteiger partial charge in [-0.05, 0) is 184 Å². The van der Waals surface area contributed by atoms with E-state index in [9.17, 15) is 36.7 Å². The smallest absolute Gasteiger partial charge is 0.317 e. The lowest BCUT2D eigenvalue weighted by Gasteiger charge is -2.33. The molecular weight excluding hydrogens is 1480 g/mol. The Balaban J connectivity index is 0.000000124. The Morgan fingerprint density at radius 2 is 0.781 bits per heavy atom. The summed E-state index contributed by atoms with van der Waals surface area (Å²) >= 11 is 6.20. The van der Waals surface area contributed by atoms with Crippen LogP contribution in [0.3, 0.4) is 0 Å². The highest BCUT2D eigenvalue weighted by molar-refractivity contribution is 9.10. The molecule has 4 atom stereocenters. The number of carbonyl (C=O) groups is 4. The molecule has 22 nitrogen and oxygen atoms in total. The van der Waals surface area contributed by atoms with E-state index in [1.807, 2.05) is 30.6 Å². The number of hydrogen-bond donors (Lipinski definition) is 8. The molecule has 4 saturated carbocycles. The van der Waals surface area contributed by atoms with Gasteiger partial charge in [0.2, 0.25) is 0 Å². The molecule has 4 aliphatic heterocycles. The van der Waals surface area contributed by atoms with Crippen LogP contribution in [0.4, 0.5) is 59.5 Å². The second kappa shape index (κ2) is 32.7. The summed E-state index contributed by atoms with van der Waals surface area (Å²) in [6.07, 6.45) is 23.8. The fourth-order valence-electron chi connectivity index (χ4n) is 16.5. The minimum atomic E-state index is -0.592. The number of amides is 8. The fourth-order valence-corrected chi connectivity index (χ4v) is 17.2. The minimum Gasteiger partial charge on any atom is -0.317 e. The van der Waals surface area contributed by atoms with E-state index in [1.54, 1.807) is 47.1 Å². The third-order valence-electron chi connectivity index (χ3n) is 22.4. The Hall–Kier alpha value is -9.10. The predicted octanol–water partition coefficient (Wildman–Crippen LogP) is 17.8. The van der Waals surface area contributed by atoms with Gasteiger partial charge in [-0.15, -0.1) is 0 Å². The van der Waals surface area contributed by atoms with Gasteiger partial charge < -0.3 is 40.9 Å². The second-order valence-electron chi connectivity index (χ2n) is 29.5. The van der Waals surface area contributed by atoms with Crippen LogP contribution in [-0.2, 0) is 51.9 Å². The Bertz CT molecular complexity index is 4390. The highest BCUT2D eigenvalue weighted by Crippen LogP contribution is 2.43. The van der Waals surface area contributed by atoms with Crippen molar-refractivity contribution in [2.45, 2.75) is 237 Å². The van der Waals surface area contributed by atoms with Crippen LogP contribution < -0.4 is 21.3 Å². The largest absolute Gasteiger partial charge is 0.322 e. The van der Waals surface area contributed by atoms with Crippen molar-refractivity contribution in [3.8, 4) is 6.07 Å². The van der Waals surface area contributed by atoms with E-state index in [-0.39, 0.29) is 75.8 Å². The Morgan fingerprint density at radius 1 is 0.457 bits per heavy atom. The maximum absolute atomic E-state index is 14.1. The van der Waals surface area contributed by atoms with Gasteiger partial charge in [-0.2, -0.15) is 25.7 Å². The Labute approximate surface area is 625 Å². The number of benzene rings is 3. The average Bonchev–Trinajstić information content (AvgIpc) is 1.69. The lowest BCUT2D eigenvalue weighted by atomic mass is 9.93. The molecule has 0 spiro atoms. The number of aromatic amines is 4. The van der Waals surface area contributed by atoms with Crippen molar-refractivity contribution in [2.24, 2.45) is 0 Å². The van der Waals surface area contributed by atoms with Crippen LogP contribution in [0.2, 0.25) is 0 Å². The summed E-state index contributed by atoms with van der Waals surface area (Å²) in [5.41, 5.74) is 15.9. The number of halogens is 6. The van der Waals surface area contributed by atoms with Gasteiger partial charge in [-0.25, -0.2) is 41.7 Å². The molecule has 554 valence electrons. The SMILES string of the molecule is CC1Cc2[nH]nc(C3CCCC3)c2CN1C(=O)Nc1ccc(F)c(Br)c1.CC1Cc2[nH]nc(C3CCCC3)c2CN1C(=O)Nc1ccc(F)c(C#N)c1.CC1Cc2[nH]nc(C3CCCC3)c2CN1C(=O)Nc1ccnc(Br)c1F.Cc1cc(NC(=O)N2Cc3c(C4CCCC4)n[nH]c3CC2C)ccc1F. The van der Waals surface area contributed by atoms with Crippen LogP contribution in [0.5, 0.6) is 0 Å². The number of nitrogens with one attached hydrogen (secondary N) is 8. The van der Waals surface area contributed by atoms with E-state index in [2.05, 4.69) is 106 Å². The zero-order valence-corrected chi connectivity index (χ0v) is 63.0. The zero-order chi connectivity index (χ0) is 73.7.